The Morgan fingerprint density at radius 2 is 1.94 bits per heavy atom. The molecule has 2 rings (SSSR count). The molecule has 0 atom stereocenters. The number of hydrogen-bond acceptors (Lipinski definition) is 2. The fourth-order valence-electron chi connectivity index (χ4n) is 1.75. The lowest BCUT2D eigenvalue weighted by Gasteiger charge is -2.04. The first-order chi connectivity index (χ1) is 8.16. The van der Waals surface area contributed by atoms with Gasteiger partial charge in [0.2, 0.25) is 0 Å². The normalized spacial score (nSPS) is 14.9. The Morgan fingerprint density at radius 1 is 1.24 bits per heavy atom. The Balaban J connectivity index is 2.27. The average Bonchev–Trinajstić information content (AvgIpc) is 2.54. The maximum atomic E-state index is 11.2. The first-order valence-corrected chi connectivity index (χ1v) is 5.54. The van der Waals surface area contributed by atoms with E-state index in [9.17, 15) is 9.90 Å². The molecular weight excluding hydrogens is 212 g/mol. The number of Topliss-reactive ketones (excluding diaryl/α,β-unsaturated/α-hetero) is 1. The van der Waals surface area contributed by atoms with Crippen molar-refractivity contribution in [1.82, 2.24) is 0 Å². The number of ketones is 1. The molecule has 0 aromatic heterocycles. The fourth-order valence-corrected chi connectivity index (χ4v) is 1.75. The van der Waals surface area contributed by atoms with Crippen LogP contribution in [0.4, 0.5) is 0 Å². The number of allylic oxidation sites excluding steroid dienone is 5. The van der Waals surface area contributed by atoms with Crippen molar-refractivity contribution < 1.29 is 9.90 Å². The van der Waals surface area contributed by atoms with Gasteiger partial charge < -0.3 is 5.11 Å². The van der Waals surface area contributed by atoms with E-state index >= 15 is 0 Å². The third-order valence-corrected chi connectivity index (χ3v) is 2.76. The maximum absolute atomic E-state index is 11.2. The number of benzene rings is 1. The van der Waals surface area contributed by atoms with Gasteiger partial charge in [0.15, 0.2) is 5.78 Å². The highest BCUT2D eigenvalue weighted by atomic mass is 16.3. The molecule has 0 saturated carbocycles. The molecule has 86 valence electrons. The smallest absolute Gasteiger partial charge is 0.159 e. The highest BCUT2D eigenvalue weighted by Gasteiger charge is 2.04. The van der Waals surface area contributed by atoms with Crippen molar-refractivity contribution in [3.63, 3.8) is 0 Å². The molecule has 1 N–H and O–H groups in total. The first-order valence-electron chi connectivity index (χ1n) is 5.54. The van der Waals surface area contributed by atoms with Gasteiger partial charge in [-0.3, -0.25) is 4.79 Å². The molecule has 0 saturated heterocycles. The third-order valence-electron chi connectivity index (χ3n) is 2.76. The highest BCUT2D eigenvalue weighted by molar-refractivity contribution is 5.94. The van der Waals surface area contributed by atoms with Crippen LogP contribution in [0, 0.1) is 0 Å². The van der Waals surface area contributed by atoms with Crippen molar-refractivity contribution in [2.45, 2.75) is 13.3 Å². The lowest BCUT2D eigenvalue weighted by molar-refractivity contribution is 0.101. The summed E-state index contributed by atoms with van der Waals surface area (Å²) < 4.78 is 0. The molecule has 0 unspecified atom stereocenters. The molecule has 17 heavy (non-hydrogen) atoms. The summed E-state index contributed by atoms with van der Waals surface area (Å²) in [4.78, 5) is 11.2. The highest BCUT2D eigenvalue weighted by Crippen LogP contribution is 2.22. The molecular formula is C15H14O2. The van der Waals surface area contributed by atoms with Gasteiger partial charge in [0.25, 0.3) is 0 Å². The molecule has 1 aliphatic carbocycles. The minimum atomic E-state index is 0.0730. The molecule has 1 aromatic rings. The van der Waals surface area contributed by atoms with Gasteiger partial charge in [0, 0.05) is 5.56 Å². The Hall–Kier alpha value is -2.09. The Kier molecular flexibility index (Phi) is 3.24. The molecule has 1 aliphatic rings. The maximum Gasteiger partial charge on any atom is 0.159 e. The molecule has 2 nitrogen and oxygen atoms in total. The van der Waals surface area contributed by atoms with Crippen LogP contribution < -0.4 is 0 Å². The number of hydrogen-bond donors (Lipinski definition) is 1. The number of carbonyl (C=O) groups is 1. The molecule has 0 heterocycles. The van der Waals surface area contributed by atoms with Crippen LogP contribution in [0.25, 0.3) is 5.57 Å². The summed E-state index contributed by atoms with van der Waals surface area (Å²) in [5, 5.41) is 9.37. The first kappa shape index (κ1) is 11.4. The van der Waals surface area contributed by atoms with E-state index in [1.165, 1.54) is 0 Å². The fraction of sp³-hybridized carbons (Fsp3) is 0.133. The van der Waals surface area contributed by atoms with Crippen molar-refractivity contribution in [3.8, 4) is 0 Å². The standard InChI is InChI=1S/C15H14O2/c1-11(16)12-5-7-14(8-6-12)13-3-2-4-15(17)10-9-13/h2-8,10,17H,9H2,1H3. The predicted octanol–water partition coefficient (Wildman–Crippen LogP) is 3.67. The summed E-state index contributed by atoms with van der Waals surface area (Å²) >= 11 is 0. The molecule has 0 amide bonds. The molecule has 2 heteroatoms. The average molecular weight is 226 g/mol. The van der Waals surface area contributed by atoms with E-state index in [2.05, 4.69) is 0 Å². The second-order valence-electron chi connectivity index (χ2n) is 4.02. The zero-order valence-corrected chi connectivity index (χ0v) is 9.68. The topological polar surface area (TPSA) is 37.3 Å². The van der Waals surface area contributed by atoms with Crippen molar-refractivity contribution in [2.75, 3.05) is 0 Å². The number of aliphatic hydroxyl groups is 1. The third kappa shape index (κ3) is 2.72. The van der Waals surface area contributed by atoms with Gasteiger partial charge in [-0.05, 0) is 36.6 Å². The van der Waals surface area contributed by atoms with Crippen LogP contribution in [-0.2, 0) is 0 Å². The van der Waals surface area contributed by atoms with Crippen molar-refractivity contribution in [3.05, 3.63) is 65.5 Å². The SMILES string of the molecule is CC(=O)c1ccc(C2=CC=CC(O)=CC2)cc1. The second kappa shape index (κ2) is 4.83. The summed E-state index contributed by atoms with van der Waals surface area (Å²) in [6.45, 7) is 1.56. The summed E-state index contributed by atoms with van der Waals surface area (Å²) in [6.07, 6.45) is 7.93. The molecule has 0 fully saturated rings. The molecule has 0 spiro atoms. The molecule has 0 bridgehead atoms. The molecule has 0 radical (unpaired) electrons. The van der Waals surface area contributed by atoms with Crippen LogP contribution in [0.5, 0.6) is 0 Å². The largest absolute Gasteiger partial charge is 0.508 e. The van der Waals surface area contributed by atoms with E-state index in [1.807, 2.05) is 36.4 Å². The monoisotopic (exact) mass is 226 g/mol. The van der Waals surface area contributed by atoms with Crippen LogP contribution in [0.3, 0.4) is 0 Å². The van der Waals surface area contributed by atoms with Crippen LogP contribution >= 0.6 is 0 Å². The number of aliphatic hydroxyl groups excluding tert-OH is 1. The van der Waals surface area contributed by atoms with E-state index in [4.69, 9.17) is 0 Å². The van der Waals surface area contributed by atoms with Gasteiger partial charge in [-0.25, -0.2) is 0 Å². The van der Waals surface area contributed by atoms with Gasteiger partial charge in [-0.1, -0.05) is 36.4 Å². The number of rotatable bonds is 2. The van der Waals surface area contributed by atoms with Crippen LogP contribution in [0.1, 0.15) is 29.3 Å². The molecule has 1 aromatic carbocycles. The van der Waals surface area contributed by atoms with Gasteiger partial charge in [-0.15, -0.1) is 0 Å². The summed E-state index contributed by atoms with van der Waals surface area (Å²) in [6, 6.07) is 7.53. The van der Waals surface area contributed by atoms with E-state index in [0.29, 0.717) is 6.42 Å². The van der Waals surface area contributed by atoms with Crippen LogP contribution in [0.15, 0.2) is 54.3 Å². The van der Waals surface area contributed by atoms with Crippen LogP contribution in [0.2, 0.25) is 0 Å². The van der Waals surface area contributed by atoms with Gasteiger partial charge in [-0.2, -0.15) is 0 Å². The van der Waals surface area contributed by atoms with Gasteiger partial charge in [0.05, 0.1) is 0 Å². The Morgan fingerprint density at radius 3 is 2.59 bits per heavy atom. The lowest BCUT2D eigenvalue weighted by atomic mass is 10.0. The van der Waals surface area contributed by atoms with Crippen molar-refractivity contribution in [2.24, 2.45) is 0 Å². The number of carbonyl (C=O) groups excluding carboxylic acids is 1. The summed E-state index contributed by atoms with van der Waals surface area (Å²) in [5.74, 6) is 0.362. The summed E-state index contributed by atoms with van der Waals surface area (Å²) in [7, 11) is 0. The minimum absolute atomic E-state index is 0.0730. The van der Waals surface area contributed by atoms with E-state index < -0.39 is 0 Å². The van der Waals surface area contributed by atoms with Gasteiger partial charge >= 0.3 is 0 Å². The van der Waals surface area contributed by atoms with E-state index in [-0.39, 0.29) is 11.5 Å². The van der Waals surface area contributed by atoms with Crippen molar-refractivity contribution >= 4 is 11.4 Å². The van der Waals surface area contributed by atoms with E-state index in [1.54, 1.807) is 19.1 Å². The molecule has 0 aliphatic heterocycles. The Labute approximate surface area is 101 Å². The quantitative estimate of drug-likeness (QED) is 0.781. The van der Waals surface area contributed by atoms with Gasteiger partial charge in [0.1, 0.15) is 5.76 Å². The lowest BCUT2D eigenvalue weighted by Crippen LogP contribution is -1.92. The van der Waals surface area contributed by atoms with Crippen LogP contribution in [-0.4, -0.2) is 10.9 Å². The minimum Gasteiger partial charge on any atom is -0.508 e. The summed E-state index contributed by atoms with van der Waals surface area (Å²) in [5.41, 5.74) is 2.92. The zero-order valence-electron chi connectivity index (χ0n) is 9.68. The second-order valence-corrected chi connectivity index (χ2v) is 4.02. The zero-order chi connectivity index (χ0) is 12.3. The van der Waals surface area contributed by atoms with E-state index in [0.717, 1.165) is 16.7 Å². The van der Waals surface area contributed by atoms with Crippen molar-refractivity contribution in [1.29, 1.82) is 0 Å². The predicted molar refractivity (Wildman–Crippen MR) is 68.9 cm³/mol. The Bertz CT molecular complexity index is 514.